The zero-order valence-electron chi connectivity index (χ0n) is 25.6. The minimum atomic E-state index is -0.869. The minimum absolute atomic E-state index is 0. The molecule has 0 rings (SSSR count). The van der Waals surface area contributed by atoms with E-state index >= 15 is 0 Å². The number of hydrogen-bond donors (Lipinski definition) is 0. The van der Waals surface area contributed by atoms with Gasteiger partial charge in [-0.2, -0.15) is 0 Å². The molecule has 0 aliphatic heterocycles. The van der Waals surface area contributed by atoms with Gasteiger partial charge in [0, 0.05) is 0 Å². The molecule has 4 heteroatoms. The molecule has 0 fully saturated rings. The zero-order chi connectivity index (χ0) is 25.7. The van der Waals surface area contributed by atoms with Crippen LogP contribution in [0.25, 0.3) is 0 Å². The maximum atomic E-state index is 3.04. The second-order valence-electron chi connectivity index (χ2n) is 11.1. The van der Waals surface area contributed by atoms with Crippen LogP contribution in [0.1, 0.15) is 182 Å². The van der Waals surface area contributed by atoms with Crippen molar-refractivity contribution in [3.63, 3.8) is 0 Å². The summed E-state index contributed by atoms with van der Waals surface area (Å²) in [5.41, 5.74) is 0. The summed E-state index contributed by atoms with van der Waals surface area (Å²) in [4.78, 5) is 0. The molecule has 0 aliphatic rings. The van der Waals surface area contributed by atoms with Crippen molar-refractivity contribution in [1.82, 2.24) is 1.97 Å². The number of rotatable bonds is 30. The van der Waals surface area contributed by atoms with Crippen LogP contribution in [-0.4, -0.2) is 28.1 Å². The predicted octanol–water partition coefficient (Wildman–Crippen LogP) is 11.5. The Balaban J connectivity index is 0. The molecule has 0 atom stereocenters. The Labute approximate surface area is 262 Å². The second-order valence-corrected chi connectivity index (χ2v) is 15.8. The fourth-order valence-electron chi connectivity index (χ4n) is 4.96. The first-order valence-corrected chi connectivity index (χ1v) is 19.4. The van der Waals surface area contributed by atoms with E-state index < -0.39 is 37.5 Å². The van der Waals surface area contributed by atoms with Gasteiger partial charge in [0.15, 0.2) is 0 Å². The van der Waals surface area contributed by atoms with Gasteiger partial charge >= 0.3 is 247 Å². The molecule has 0 saturated carbocycles. The number of unbranched alkanes of at least 4 members (excludes halogenated alkanes) is 20. The SMILES string of the molecule is Br.CCCCCCCC[N](CCCCCCCC)[Nd][N](CCCCCCCC)CCCCCCCC. The third-order valence-corrected chi connectivity index (χ3v) is 12.1. The van der Waals surface area contributed by atoms with Crippen molar-refractivity contribution in [2.24, 2.45) is 0 Å². The Hall–Kier alpha value is 1.75. The van der Waals surface area contributed by atoms with Gasteiger partial charge in [-0.15, -0.1) is 17.0 Å². The number of hydrogen-bond acceptors (Lipinski definition) is 2. The van der Waals surface area contributed by atoms with Gasteiger partial charge in [0.25, 0.3) is 0 Å². The first kappa shape index (κ1) is 39.9. The van der Waals surface area contributed by atoms with Crippen molar-refractivity contribution >= 4 is 17.0 Å². The van der Waals surface area contributed by atoms with Crippen LogP contribution in [0.15, 0.2) is 0 Å². The van der Waals surface area contributed by atoms with E-state index in [0.29, 0.717) is 0 Å². The van der Waals surface area contributed by atoms with Crippen LogP contribution in [0.5, 0.6) is 0 Å². The van der Waals surface area contributed by atoms with Crippen LogP contribution in [0.2, 0.25) is 0 Å². The van der Waals surface area contributed by atoms with Crippen LogP contribution < -0.4 is 0 Å². The molecule has 0 heterocycles. The number of nitrogens with zero attached hydrogens (tertiary/aromatic N) is 2. The monoisotopic (exact) mass is 702 g/mol. The molecule has 0 N–H and O–H groups in total. The first-order valence-electron chi connectivity index (χ1n) is 16.5. The Morgan fingerprint density at radius 1 is 0.306 bits per heavy atom. The van der Waals surface area contributed by atoms with Crippen molar-refractivity contribution in [3.8, 4) is 0 Å². The summed E-state index contributed by atoms with van der Waals surface area (Å²) in [5, 5.41) is 0. The summed E-state index contributed by atoms with van der Waals surface area (Å²) < 4.78 is 6.07. The Morgan fingerprint density at radius 2 is 0.500 bits per heavy atom. The van der Waals surface area contributed by atoms with Crippen LogP contribution >= 0.6 is 17.0 Å². The van der Waals surface area contributed by atoms with Gasteiger partial charge in [-0.1, -0.05) is 0 Å². The quantitative estimate of drug-likeness (QED) is 0.0687. The van der Waals surface area contributed by atoms with Crippen LogP contribution in [0.3, 0.4) is 0 Å². The van der Waals surface area contributed by atoms with E-state index in [1.807, 2.05) is 0 Å². The van der Waals surface area contributed by atoms with E-state index in [9.17, 15) is 0 Å². The van der Waals surface area contributed by atoms with Gasteiger partial charge in [-0.25, -0.2) is 0 Å². The van der Waals surface area contributed by atoms with E-state index in [4.69, 9.17) is 0 Å². The number of halogens is 1. The average molecular weight is 706 g/mol. The van der Waals surface area contributed by atoms with Gasteiger partial charge in [-0.05, 0) is 0 Å². The fourth-order valence-corrected chi connectivity index (χ4v) is 9.55. The molecule has 0 aromatic rings. The fraction of sp³-hybridized carbons (Fsp3) is 1.00. The van der Waals surface area contributed by atoms with Crippen LogP contribution in [-0.2, 0) is 0 Å². The van der Waals surface area contributed by atoms with Gasteiger partial charge in [0.1, 0.15) is 0 Å². The van der Waals surface area contributed by atoms with E-state index in [0.717, 1.165) is 0 Å². The van der Waals surface area contributed by atoms with Crippen molar-refractivity contribution in [2.75, 3.05) is 26.2 Å². The standard InChI is InChI=1S/2C16H34N.BrH.Nd/c2*1-3-5-7-9-11-13-15-17-16-14-12-10-8-6-4-2;;/h2*3-16H2,1-2H3;1H;/q2*-1;;+2. The zero-order valence-corrected chi connectivity index (χ0v) is 30.5. The van der Waals surface area contributed by atoms with E-state index in [-0.39, 0.29) is 17.0 Å². The Morgan fingerprint density at radius 3 is 0.722 bits per heavy atom. The molecular weight excluding hydrogens is 637 g/mol. The molecular formula is C32H69BrN2Nd. The van der Waals surface area contributed by atoms with Crippen molar-refractivity contribution in [3.05, 3.63) is 0 Å². The molecule has 36 heavy (non-hydrogen) atoms. The molecule has 0 aromatic carbocycles. The summed E-state index contributed by atoms with van der Waals surface area (Å²) in [6.45, 7) is 15.0. The Kier molecular flexibility index (Phi) is 38.5. The molecule has 0 amide bonds. The molecule has 0 radical (unpaired) electrons. The van der Waals surface area contributed by atoms with E-state index in [1.54, 1.807) is 0 Å². The molecule has 0 unspecified atom stereocenters. The van der Waals surface area contributed by atoms with Crippen molar-refractivity contribution < 1.29 is 37.5 Å². The molecule has 218 valence electrons. The Bertz CT molecular complexity index is 317. The third kappa shape index (κ3) is 30.3. The molecule has 2 nitrogen and oxygen atoms in total. The van der Waals surface area contributed by atoms with Crippen molar-refractivity contribution in [2.45, 2.75) is 182 Å². The van der Waals surface area contributed by atoms with Gasteiger partial charge in [-0.3, -0.25) is 0 Å². The molecule has 0 spiro atoms. The average Bonchev–Trinajstić information content (AvgIpc) is 2.87. The second kappa shape index (κ2) is 34.8. The summed E-state index contributed by atoms with van der Waals surface area (Å²) in [6, 6.07) is 0. The topological polar surface area (TPSA) is 6.48 Å². The van der Waals surface area contributed by atoms with E-state index in [1.165, 1.54) is 180 Å². The summed E-state index contributed by atoms with van der Waals surface area (Å²) >= 11 is -0.869. The summed E-state index contributed by atoms with van der Waals surface area (Å²) in [7, 11) is 0. The van der Waals surface area contributed by atoms with Crippen LogP contribution in [0.4, 0.5) is 0 Å². The van der Waals surface area contributed by atoms with E-state index in [2.05, 4.69) is 29.7 Å². The normalized spacial score (nSPS) is 11.4. The third-order valence-electron chi connectivity index (χ3n) is 7.41. The molecule has 0 saturated heterocycles. The maximum absolute atomic E-state index is 3.04. The van der Waals surface area contributed by atoms with Crippen molar-refractivity contribution in [1.29, 1.82) is 0 Å². The van der Waals surface area contributed by atoms with Gasteiger partial charge in [0.05, 0.1) is 0 Å². The molecule has 0 aromatic heterocycles. The van der Waals surface area contributed by atoms with Gasteiger partial charge < -0.3 is 0 Å². The van der Waals surface area contributed by atoms with Crippen LogP contribution in [0, 0.1) is 37.5 Å². The summed E-state index contributed by atoms with van der Waals surface area (Å²) in [5.74, 6) is 0. The predicted molar refractivity (Wildman–Crippen MR) is 167 cm³/mol. The molecule has 0 aliphatic carbocycles. The first-order chi connectivity index (χ1) is 17.3. The summed E-state index contributed by atoms with van der Waals surface area (Å²) in [6.07, 6.45) is 34.6. The van der Waals surface area contributed by atoms with Gasteiger partial charge in [0.2, 0.25) is 0 Å². The molecule has 0 bridgehead atoms.